The van der Waals surface area contributed by atoms with E-state index < -0.39 is 0 Å². The van der Waals surface area contributed by atoms with Gasteiger partial charge in [0, 0.05) is 17.2 Å². The Hall–Kier alpha value is -2.44. The molecular formula is C28H42N2O4. The zero-order chi connectivity index (χ0) is 24.5. The fourth-order valence-corrected chi connectivity index (χ4v) is 5.04. The normalized spacial score (nSPS) is 15.6. The van der Waals surface area contributed by atoms with Gasteiger partial charge in [0.15, 0.2) is 11.5 Å². The Morgan fingerprint density at radius 1 is 0.912 bits per heavy atom. The number of benzene rings is 2. The monoisotopic (exact) mass is 470 g/mol. The maximum absolute atomic E-state index is 10.2. The number of unbranched alkanes of at least 4 members (excludes halogenated alkanes) is 3. The highest BCUT2D eigenvalue weighted by molar-refractivity contribution is 5.50. The zero-order valence-corrected chi connectivity index (χ0v) is 20.8. The highest BCUT2D eigenvalue weighted by atomic mass is 16.3. The lowest BCUT2D eigenvalue weighted by atomic mass is 9.86. The summed E-state index contributed by atoms with van der Waals surface area (Å²) < 4.78 is 0. The molecule has 1 aliphatic carbocycles. The van der Waals surface area contributed by atoms with Crippen LogP contribution in [0.4, 0.5) is 0 Å². The number of aromatic hydroxyl groups is 4. The predicted molar refractivity (Wildman–Crippen MR) is 137 cm³/mol. The van der Waals surface area contributed by atoms with Crippen molar-refractivity contribution in [1.82, 2.24) is 10.2 Å². The minimum Gasteiger partial charge on any atom is -0.508 e. The Bertz CT molecular complexity index is 908. The third kappa shape index (κ3) is 7.03. The lowest BCUT2D eigenvalue weighted by molar-refractivity contribution is 0.175. The van der Waals surface area contributed by atoms with Crippen LogP contribution < -0.4 is 5.32 Å². The lowest BCUT2D eigenvalue weighted by Gasteiger charge is -2.35. The van der Waals surface area contributed by atoms with Crippen LogP contribution in [0.1, 0.15) is 67.7 Å². The number of rotatable bonds is 13. The fraction of sp³-hybridized carbons (Fsp3) is 0.571. The zero-order valence-electron chi connectivity index (χ0n) is 20.8. The average Bonchev–Trinajstić information content (AvgIpc) is 2.82. The van der Waals surface area contributed by atoms with Gasteiger partial charge in [-0.25, -0.2) is 0 Å². The van der Waals surface area contributed by atoms with E-state index in [2.05, 4.69) is 17.1 Å². The molecule has 2 aromatic carbocycles. The predicted octanol–water partition coefficient (Wildman–Crippen LogP) is 4.78. The first-order chi connectivity index (χ1) is 16.4. The molecule has 0 aromatic heterocycles. The molecule has 1 aliphatic rings. The number of phenolic OH excluding ortho intramolecular Hbond substituents is 4. The van der Waals surface area contributed by atoms with Crippen molar-refractivity contribution in [2.24, 2.45) is 0 Å². The van der Waals surface area contributed by atoms with Gasteiger partial charge in [-0.05, 0) is 107 Å². The Balaban J connectivity index is 1.31. The van der Waals surface area contributed by atoms with Crippen LogP contribution >= 0.6 is 0 Å². The van der Waals surface area contributed by atoms with Gasteiger partial charge in [-0.15, -0.1) is 0 Å². The van der Waals surface area contributed by atoms with E-state index in [9.17, 15) is 20.4 Å². The molecule has 6 nitrogen and oxygen atoms in total. The molecule has 6 heteroatoms. The van der Waals surface area contributed by atoms with Gasteiger partial charge in [0.05, 0.1) is 0 Å². The third-order valence-electron chi connectivity index (χ3n) is 7.12. The second kappa shape index (κ2) is 12.9. The first-order valence-electron chi connectivity index (χ1n) is 12.9. The second-order valence-electron chi connectivity index (χ2n) is 9.68. The first-order valence-corrected chi connectivity index (χ1v) is 12.9. The molecule has 0 spiro atoms. The Morgan fingerprint density at radius 3 is 2.38 bits per heavy atom. The molecule has 0 aliphatic heterocycles. The molecule has 0 saturated heterocycles. The van der Waals surface area contributed by atoms with Crippen molar-refractivity contribution in [3.05, 3.63) is 46.5 Å². The number of hydrogen-bond donors (Lipinski definition) is 5. The van der Waals surface area contributed by atoms with Gasteiger partial charge >= 0.3 is 0 Å². The van der Waals surface area contributed by atoms with Gasteiger partial charge in [-0.2, -0.15) is 0 Å². The van der Waals surface area contributed by atoms with E-state index in [1.807, 2.05) is 6.07 Å². The Kier molecular flexibility index (Phi) is 9.90. The molecule has 2 aromatic rings. The summed E-state index contributed by atoms with van der Waals surface area (Å²) in [7, 11) is 0. The quantitative estimate of drug-likeness (QED) is 0.214. The molecule has 0 bridgehead atoms. The summed E-state index contributed by atoms with van der Waals surface area (Å²) >= 11 is 0. The molecule has 5 N–H and O–H groups in total. The summed E-state index contributed by atoms with van der Waals surface area (Å²) in [6.45, 7) is 7.99. The molecule has 1 unspecified atom stereocenters. The van der Waals surface area contributed by atoms with Crippen molar-refractivity contribution in [1.29, 1.82) is 0 Å². The van der Waals surface area contributed by atoms with Crippen molar-refractivity contribution >= 4 is 0 Å². The van der Waals surface area contributed by atoms with E-state index >= 15 is 0 Å². The largest absolute Gasteiger partial charge is 0.508 e. The topological polar surface area (TPSA) is 96.2 Å². The molecule has 0 saturated carbocycles. The van der Waals surface area contributed by atoms with Crippen molar-refractivity contribution in [3.63, 3.8) is 0 Å². The standard InChI is InChI=1S/C28H42N2O4/c1-3-15-30(23-9-10-24-22(19-23)8-11-25(31)28(24)34)16-7-5-4-6-13-29-14-12-21-17-26(32)20(2)27(33)18-21/h8,11,17-18,23,29,31-34H,3-7,9-10,12-16,19H2,1-2H3. The van der Waals surface area contributed by atoms with Gasteiger partial charge in [-0.3, -0.25) is 0 Å². The van der Waals surface area contributed by atoms with Gasteiger partial charge in [0.25, 0.3) is 0 Å². The van der Waals surface area contributed by atoms with Crippen molar-refractivity contribution in [2.75, 3.05) is 26.2 Å². The van der Waals surface area contributed by atoms with E-state index in [1.165, 1.54) is 24.8 Å². The average molecular weight is 471 g/mol. The fourth-order valence-electron chi connectivity index (χ4n) is 5.04. The van der Waals surface area contributed by atoms with Crippen LogP contribution in [0.3, 0.4) is 0 Å². The summed E-state index contributed by atoms with van der Waals surface area (Å²) in [5.41, 5.74) is 3.58. The van der Waals surface area contributed by atoms with E-state index in [0.717, 1.165) is 75.8 Å². The van der Waals surface area contributed by atoms with Crippen LogP contribution in [-0.2, 0) is 19.3 Å². The summed E-state index contributed by atoms with van der Waals surface area (Å²) in [4.78, 5) is 2.62. The molecular weight excluding hydrogens is 428 g/mol. The summed E-state index contributed by atoms with van der Waals surface area (Å²) in [5, 5.41) is 43.0. The number of hydrogen-bond acceptors (Lipinski definition) is 6. The summed E-state index contributed by atoms with van der Waals surface area (Å²) in [6, 6.07) is 7.56. The van der Waals surface area contributed by atoms with E-state index in [4.69, 9.17) is 0 Å². The highest BCUT2D eigenvalue weighted by Crippen LogP contribution is 2.36. The van der Waals surface area contributed by atoms with Crippen LogP contribution in [0.5, 0.6) is 23.0 Å². The van der Waals surface area contributed by atoms with Crippen molar-refractivity contribution < 1.29 is 20.4 Å². The van der Waals surface area contributed by atoms with Crippen molar-refractivity contribution in [2.45, 2.75) is 77.7 Å². The smallest absolute Gasteiger partial charge is 0.160 e. The van der Waals surface area contributed by atoms with E-state index in [0.29, 0.717) is 11.6 Å². The summed E-state index contributed by atoms with van der Waals surface area (Å²) in [6.07, 6.45) is 9.52. The van der Waals surface area contributed by atoms with E-state index in [1.54, 1.807) is 25.1 Å². The van der Waals surface area contributed by atoms with Crippen LogP contribution in [0.15, 0.2) is 24.3 Å². The van der Waals surface area contributed by atoms with Gasteiger partial charge in [-0.1, -0.05) is 25.8 Å². The molecule has 0 fully saturated rings. The first kappa shape index (κ1) is 26.2. The van der Waals surface area contributed by atoms with Crippen LogP contribution in [0.25, 0.3) is 0 Å². The maximum atomic E-state index is 10.2. The SMILES string of the molecule is CCCN(CCCCCCNCCc1cc(O)c(C)c(O)c1)C1CCc2c(ccc(O)c2O)C1. The second-order valence-corrected chi connectivity index (χ2v) is 9.68. The lowest BCUT2D eigenvalue weighted by Crippen LogP contribution is -2.40. The number of nitrogens with zero attached hydrogens (tertiary/aromatic N) is 1. The Labute approximate surface area is 204 Å². The molecule has 188 valence electrons. The maximum Gasteiger partial charge on any atom is 0.160 e. The molecule has 34 heavy (non-hydrogen) atoms. The van der Waals surface area contributed by atoms with Crippen LogP contribution in [-0.4, -0.2) is 57.5 Å². The molecule has 0 amide bonds. The van der Waals surface area contributed by atoms with Crippen molar-refractivity contribution in [3.8, 4) is 23.0 Å². The van der Waals surface area contributed by atoms with E-state index in [-0.39, 0.29) is 23.0 Å². The van der Waals surface area contributed by atoms with Gasteiger partial charge < -0.3 is 30.6 Å². The highest BCUT2D eigenvalue weighted by Gasteiger charge is 2.26. The Morgan fingerprint density at radius 2 is 1.65 bits per heavy atom. The molecule has 0 radical (unpaired) electrons. The number of phenols is 4. The minimum absolute atomic E-state index is 0.00847. The minimum atomic E-state index is -0.00847. The summed E-state index contributed by atoms with van der Waals surface area (Å²) in [5.74, 6) is 0.372. The molecule has 1 atom stereocenters. The van der Waals surface area contributed by atoms with Gasteiger partial charge in [0.1, 0.15) is 11.5 Å². The number of fused-ring (bicyclic) bond motifs is 1. The molecule has 0 heterocycles. The van der Waals surface area contributed by atoms with Gasteiger partial charge in [0.2, 0.25) is 0 Å². The molecule has 3 rings (SSSR count). The van der Waals surface area contributed by atoms with Crippen LogP contribution in [0, 0.1) is 6.92 Å². The number of nitrogens with one attached hydrogen (secondary N) is 1. The van der Waals surface area contributed by atoms with Crippen LogP contribution in [0.2, 0.25) is 0 Å². The third-order valence-corrected chi connectivity index (χ3v) is 7.12.